The molecule has 0 radical (unpaired) electrons. The molecular formula is C119H82N6S3. The quantitative estimate of drug-likeness (QED) is 0.0798. The minimum atomic E-state index is 0.964. The summed E-state index contributed by atoms with van der Waals surface area (Å²) in [7, 11) is 0. The molecule has 1 aliphatic carbocycles. The van der Waals surface area contributed by atoms with E-state index in [0.717, 1.165) is 109 Å². The summed E-state index contributed by atoms with van der Waals surface area (Å²) < 4.78 is 7.58. The van der Waals surface area contributed by atoms with Gasteiger partial charge < -0.3 is 29.4 Å². The van der Waals surface area contributed by atoms with Crippen LogP contribution >= 0.6 is 34.0 Å². The molecular weight excluding hydrogens is 1610 g/mol. The van der Waals surface area contributed by atoms with E-state index in [0.29, 0.717) is 0 Å². The van der Waals surface area contributed by atoms with Gasteiger partial charge in [-0.15, -0.1) is 34.0 Å². The van der Waals surface area contributed by atoms with Crippen LogP contribution in [-0.2, 0) is 6.42 Å². The fraction of sp³-hybridized carbons (Fsp3) is 0.00840. The zero-order valence-corrected chi connectivity index (χ0v) is 72.3. The third-order valence-corrected chi connectivity index (χ3v) is 28.0. The first kappa shape index (κ1) is 77.0. The molecule has 0 N–H and O–H groups in total. The number of nitrogens with zero attached hydrogens (tertiary/aromatic N) is 6. The normalized spacial score (nSPS) is 11.6. The van der Waals surface area contributed by atoms with Gasteiger partial charge in [-0.3, -0.25) is 0 Å². The van der Waals surface area contributed by atoms with Gasteiger partial charge in [0.15, 0.2) is 0 Å². The minimum absolute atomic E-state index is 0.964. The maximum Gasteiger partial charge on any atom is 0.0540 e. The Morgan fingerprint density at radius 1 is 0.148 bits per heavy atom. The number of hydrogen-bond acceptors (Lipinski definition) is 9. The number of para-hydroxylation sites is 7. The molecule has 3 heterocycles. The molecule has 20 aromatic carbocycles. The highest BCUT2D eigenvalue weighted by Crippen LogP contribution is 2.52. The molecule has 6 nitrogen and oxygen atoms in total. The van der Waals surface area contributed by atoms with Gasteiger partial charge in [0.1, 0.15) is 0 Å². The van der Waals surface area contributed by atoms with Crippen LogP contribution in [0.2, 0.25) is 0 Å². The number of fused-ring (bicyclic) bond motifs is 13. The molecule has 0 atom stereocenters. The lowest BCUT2D eigenvalue weighted by Gasteiger charge is -2.29. The number of rotatable bonds is 19. The largest absolute Gasteiger partial charge is 0.310 e. The van der Waals surface area contributed by atoms with Crippen LogP contribution in [0.25, 0.3) is 93.5 Å². The Balaban J connectivity index is 0.000000148. The van der Waals surface area contributed by atoms with E-state index < -0.39 is 0 Å². The fourth-order valence-corrected chi connectivity index (χ4v) is 22.1. The Labute approximate surface area is 756 Å². The topological polar surface area (TPSA) is 19.4 Å². The molecule has 0 unspecified atom stereocenters. The second-order valence-electron chi connectivity index (χ2n) is 32.4. The summed E-state index contributed by atoms with van der Waals surface area (Å²) in [4.78, 5) is 14.3. The van der Waals surface area contributed by atoms with Crippen molar-refractivity contribution < 1.29 is 0 Å². The highest BCUT2D eigenvalue weighted by atomic mass is 32.1. The number of anilines is 18. The molecule has 0 saturated heterocycles. The Morgan fingerprint density at radius 2 is 0.453 bits per heavy atom. The zero-order valence-electron chi connectivity index (χ0n) is 69.8. The smallest absolute Gasteiger partial charge is 0.0540 e. The van der Waals surface area contributed by atoms with Crippen molar-refractivity contribution in [2.75, 3.05) is 29.4 Å². The predicted molar refractivity (Wildman–Crippen MR) is 551 cm³/mol. The van der Waals surface area contributed by atoms with Crippen LogP contribution in [-0.4, -0.2) is 0 Å². The van der Waals surface area contributed by atoms with E-state index in [9.17, 15) is 0 Å². The van der Waals surface area contributed by atoms with Crippen molar-refractivity contribution in [2.24, 2.45) is 0 Å². The third kappa shape index (κ3) is 14.7. The van der Waals surface area contributed by atoms with Crippen molar-refractivity contribution in [3.8, 4) is 22.3 Å². The van der Waals surface area contributed by atoms with Gasteiger partial charge in [0.25, 0.3) is 0 Å². The van der Waals surface area contributed by atoms with Crippen molar-refractivity contribution in [2.45, 2.75) is 6.42 Å². The van der Waals surface area contributed by atoms with E-state index in [-0.39, 0.29) is 0 Å². The molecule has 0 spiro atoms. The van der Waals surface area contributed by atoms with Crippen molar-refractivity contribution in [3.05, 3.63) is 496 Å². The summed E-state index contributed by atoms with van der Waals surface area (Å²) in [6.07, 6.45) is 0.964. The van der Waals surface area contributed by atoms with E-state index in [1.54, 1.807) is 0 Å². The molecule has 0 saturated carbocycles. The van der Waals surface area contributed by atoms with E-state index in [1.807, 2.05) is 34.0 Å². The molecule has 128 heavy (non-hydrogen) atoms. The van der Waals surface area contributed by atoms with Crippen LogP contribution in [0, 0.1) is 0 Å². The molecule has 0 bridgehead atoms. The van der Waals surface area contributed by atoms with Crippen molar-refractivity contribution in [1.29, 1.82) is 0 Å². The standard InChI is InChI=1S/C64H43N3S2.C55H39N3S/c1-4-18-45(19-5-1)55-27-12-14-29-60(55)67(48-23-8-3-9-24-48)52-35-38-62-59(41-52)58-37-34-54(43-64(58)69-62)66(53-33-36-57-56-28-13-15-30-61(56)68-63(57)42-53)50-26-16-25-49(40-50)65(47-21-6-2-7-22-47)51-32-31-44-17-10-11-20-46(44)39-51;1-5-17-41(18-6-1)56(42-19-7-2-8-20-42)45-25-15-26-46(35-45)58(47-29-28-40-34-39-16-13-14-27-50(39)52(40)36-47)49-30-32-51-53-37-48(31-33-54(53)59-55(51)38-49)57(43-21-9-3-10-22-43)44-23-11-4-12-24-44/h1-43H;1-33,35-38H,34H2. The zero-order chi connectivity index (χ0) is 84.8. The molecule has 23 aromatic rings. The lowest BCUT2D eigenvalue weighted by Crippen LogP contribution is -2.13. The molecule has 1 aliphatic rings. The Morgan fingerprint density at radius 3 is 0.953 bits per heavy atom. The summed E-state index contributed by atoms with van der Waals surface area (Å²) in [5.74, 6) is 0. The lowest BCUT2D eigenvalue weighted by atomic mass is 10.0. The van der Waals surface area contributed by atoms with Crippen LogP contribution in [0.1, 0.15) is 11.1 Å². The molecule has 0 fully saturated rings. The van der Waals surface area contributed by atoms with Gasteiger partial charge in [0.2, 0.25) is 0 Å². The first-order chi connectivity index (χ1) is 63.4. The van der Waals surface area contributed by atoms with Crippen molar-refractivity contribution >= 4 is 208 Å². The summed E-state index contributed by atoms with van der Waals surface area (Å²) >= 11 is 5.56. The van der Waals surface area contributed by atoms with Crippen LogP contribution in [0.5, 0.6) is 0 Å². The van der Waals surface area contributed by atoms with Crippen LogP contribution in [0.3, 0.4) is 0 Å². The second kappa shape index (κ2) is 33.6. The molecule has 9 heteroatoms. The Kier molecular flexibility index (Phi) is 20.2. The molecule has 606 valence electrons. The Hall–Kier alpha value is -15.9. The minimum Gasteiger partial charge on any atom is -0.310 e. The van der Waals surface area contributed by atoms with E-state index >= 15 is 0 Å². The summed E-state index contributed by atoms with van der Waals surface area (Å²) in [6, 6.07) is 176. The highest BCUT2D eigenvalue weighted by Gasteiger charge is 2.27. The maximum absolute atomic E-state index is 2.43. The predicted octanol–water partition coefficient (Wildman–Crippen LogP) is 35.7. The number of benzene rings is 20. The second-order valence-corrected chi connectivity index (χ2v) is 35.6. The third-order valence-electron chi connectivity index (χ3n) is 24.6. The maximum atomic E-state index is 2.43. The highest BCUT2D eigenvalue weighted by molar-refractivity contribution is 7.26. The van der Waals surface area contributed by atoms with Gasteiger partial charge in [-0.05, 0) is 263 Å². The summed E-state index contributed by atoms with van der Waals surface area (Å²) in [5.41, 5.74) is 27.8. The number of hydrogen-bond donors (Lipinski definition) is 0. The van der Waals surface area contributed by atoms with E-state index in [1.165, 1.54) is 105 Å². The van der Waals surface area contributed by atoms with Gasteiger partial charge >= 0.3 is 0 Å². The van der Waals surface area contributed by atoms with Gasteiger partial charge in [0, 0.05) is 163 Å². The Bertz CT molecular complexity index is 7940. The SMILES string of the molecule is c1ccc(-c2ccccc2N(c2ccccc2)c2ccc3sc4cc(N(c5cccc(N(c6ccccc6)c6ccc7ccccc7c6)c5)c5ccc6c(c5)sc5ccccc56)ccc4c3c2)cc1.c1ccc(N(c2ccccc2)c2cccc(N(c3ccc4c(c3)-c3ccccc3C4)c3ccc4c(c3)sc3ccc(N(c5ccccc5)c5ccccc5)cc34)c2)cc1. The lowest BCUT2D eigenvalue weighted by molar-refractivity contribution is 1.24. The molecule has 3 aromatic heterocycles. The first-order valence-electron chi connectivity index (χ1n) is 43.4. The first-order valence-corrected chi connectivity index (χ1v) is 45.9. The monoisotopic (exact) mass is 1690 g/mol. The van der Waals surface area contributed by atoms with E-state index in [2.05, 4.69) is 515 Å². The summed E-state index contributed by atoms with van der Waals surface area (Å²) in [6.45, 7) is 0. The van der Waals surface area contributed by atoms with Gasteiger partial charge in [-0.1, -0.05) is 267 Å². The van der Waals surface area contributed by atoms with Crippen molar-refractivity contribution in [3.63, 3.8) is 0 Å². The van der Waals surface area contributed by atoms with Crippen LogP contribution < -0.4 is 29.4 Å². The fourth-order valence-electron chi connectivity index (χ4n) is 18.7. The molecule has 24 rings (SSSR count). The average molecular weight is 1690 g/mol. The molecule has 0 amide bonds. The average Bonchev–Trinajstić information content (AvgIpc) is 1.56. The van der Waals surface area contributed by atoms with Gasteiger partial charge in [0.05, 0.1) is 5.69 Å². The van der Waals surface area contributed by atoms with Gasteiger partial charge in [-0.25, -0.2) is 0 Å². The van der Waals surface area contributed by atoms with E-state index in [4.69, 9.17) is 0 Å². The van der Waals surface area contributed by atoms with Crippen LogP contribution in [0.15, 0.2) is 485 Å². The molecule has 0 aliphatic heterocycles. The van der Waals surface area contributed by atoms with Crippen molar-refractivity contribution in [1.82, 2.24) is 0 Å². The summed E-state index contributed by atoms with van der Waals surface area (Å²) in [5, 5.41) is 10.0. The van der Waals surface area contributed by atoms with Crippen LogP contribution in [0.4, 0.5) is 102 Å². The van der Waals surface area contributed by atoms with Gasteiger partial charge in [-0.2, -0.15) is 0 Å². The number of thiophene rings is 3.